The van der Waals surface area contributed by atoms with Gasteiger partial charge in [-0.2, -0.15) is 0 Å². The van der Waals surface area contributed by atoms with Crippen LogP contribution >= 0.6 is 0 Å². The average molecular weight is 766 g/mol. The van der Waals surface area contributed by atoms with Crippen LogP contribution in [0.4, 0.5) is 4.39 Å². The van der Waals surface area contributed by atoms with E-state index in [9.17, 15) is 18.5 Å². The van der Waals surface area contributed by atoms with Crippen LogP contribution in [0.5, 0.6) is 0 Å². The van der Waals surface area contributed by atoms with E-state index < -0.39 is 27.6 Å². The Morgan fingerprint density at radius 2 is 1.65 bits per heavy atom. The molecule has 7 aliphatic rings. The fourth-order valence-corrected chi connectivity index (χ4v) is 17.1. The summed E-state index contributed by atoms with van der Waals surface area (Å²) in [5.41, 5.74) is 4.29. The number of allylic oxidation sites excluding steroid dienone is 5. The number of alkyl halides is 1. The first-order valence-electron chi connectivity index (χ1n) is 22.0. The molecule has 7 rings (SSSR count). The number of hydrogen-bond donors (Lipinski definition) is 1. The summed E-state index contributed by atoms with van der Waals surface area (Å²) in [5, 5.41) is 9.85. The number of nitrogens with zero attached hydrogens (tertiary/aromatic N) is 1. The van der Waals surface area contributed by atoms with Crippen molar-refractivity contribution in [2.45, 2.75) is 157 Å². The minimum atomic E-state index is -1.88. The predicted octanol–water partition coefficient (Wildman–Crippen LogP) is 11.3. The van der Waals surface area contributed by atoms with Crippen molar-refractivity contribution in [3.8, 4) is 0 Å². The Kier molecular flexibility index (Phi) is 10.3. The smallest absolute Gasteiger partial charge is 0.312 e. The molecule has 4 nitrogen and oxygen atoms in total. The van der Waals surface area contributed by atoms with Crippen molar-refractivity contribution in [3.05, 3.63) is 35.5 Å². The number of carboxylic acid groups (broad SMARTS) is 1. The standard InChI is InChI=1S/C48H76FNO3S/c1-33(2)35-16-25-47(20-11-19-42(3,4)50-28-30-54(10,53)31-29-50)27-26-45(8)37(40(35)47)12-13-39-44(7)21-17-36(43(5,6)38(44)18-22-46(39,45)9)34-14-23-48(32-49,24-15-34)41(51)52/h14,17,35,37-40H,1,10-13,15-16,18-32H2,2-9H3,(H,51,52)/t35-,37+,38-,39+,40+,44-,45+,46+,47+,48-/m0/s1. The highest BCUT2D eigenvalue weighted by atomic mass is 32.2. The highest BCUT2D eigenvalue weighted by molar-refractivity contribution is 8.00. The van der Waals surface area contributed by atoms with Gasteiger partial charge in [0.15, 0.2) is 0 Å². The molecule has 0 aromatic heterocycles. The van der Waals surface area contributed by atoms with Gasteiger partial charge in [0, 0.05) is 30.1 Å². The van der Waals surface area contributed by atoms with Crippen LogP contribution in [-0.2, 0) is 14.3 Å². The highest BCUT2D eigenvalue weighted by Gasteiger charge is 2.70. The van der Waals surface area contributed by atoms with Crippen LogP contribution in [0, 0.1) is 62.1 Å². The quantitative estimate of drug-likeness (QED) is 0.188. The number of carbonyl (C=O) groups is 1. The molecule has 1 heterocycles. The van der Waals surface area contributed by atoms with Crippen LogP contribution in [0.2, 0.25) is 0 Å². The molecular weight excluding hydrogens is 690 g/mol. The largest absolute Gasteiger partial charge is 0.481 e. The maximum atomic E-state index is 14.0. The summed E-state index contributed by atoms with van der Waals surface area (Å²) in [7, 11) is -1.88. The lowest BCUT2D eigenvalue weighted by Crippen LogP contribution is -2.65. The van der Waals surface area contributed by atoms with Crippen LogP contribution in [0.1, 0.15) is 152 Å². The molecule has 0 unspecified atom stereocenters. The normalized spacial score (nSPS) is 44.5. The van der Waals surface area contributed by atoms with E-state index in [1.54, 1.807) is 0 Å². The Morgan fingerprint density at radius 1 is 0.944 bits per heavy atom. The third kappa shape index (κ3) is 6.12. The lowest BCUT2D eigenvalue weighted by molar-refractivity contribution is -0.227. The molecule has 6 aliphatic carbocycles. The van der Waals surface area contributed by atoms with Crippen molar-refractivity contribution in [2.24, 2.45) is 62.1 Å². The zero-order valence-electron chi connectivity index (χ0n) is 35.6. The summed E-state index contributed by atoms with van der Waals surface area (Å²) in [6.45, 7) is 26.0. The monoisotopic (exact) mass is 766 g/mol. The summed E-state index contributed by atoms with van der Waals surface area (Å²) in [5.74, 6) is 7.91. The van der Waals surface area contributed by atoms with E-state index in [1.165, 1.54) is 87.3 Å². The Morgan fingerprint density at radius 3 is 2.26 bits per heavy atom. The van der Waals surface area contributed by atoms with E-state index in [2.05, 4.69) is 84.9 Å². The van der Waals surface area contributed by atoms with Crippen LogP contribution in [-0.4, -0.2) is 62.9 Å². The summed E-state index contributed by atoms with van der Waals surface area (Å²) >= 11 is 0. The number of halogens is 1. The molecule has 0 bridgehead atoms. The molecule has 10 atom stereocenters. The molecule has 5 fully saturated rings. The summed E-state index contributed by atoms with van der Waals surface area (Å²) in [4.78, 5) is 14.6. The van der Waals surface area contributed by atoms with E-state index >= 15 is 0 Å². The number of hydrogen-bond acceptors (Lipinski definition) is 3. The molecule has 0 spiro atoms. The van der Waals surface area contributed by atoms with Crippen molar-refractivity contribution >= 4 is 21.4 Å². The fourth-order valence-electron chi connectivity index (χ4n) is 15.8. The molecule has 0 radical (unpaired) electrons. The van der Waals surface area contributed by atoms with Crippen molar-refractivity contribution in [3.63, 3.8) is 0 Å². The molecule has 304 valence electrons. The van der Waals surface area contributed by atoms with E-state index in [0.29, 0.717) is 53.3 Å². The molecule has 6 heteroatoms. The molecule has 0 aromatic carbocycles. The summed E-state index contributed by atoms with van der Waals surface area (Å²) in [6, 6.07) is 0. The van der Waals surface area contributed by atoms with Gasteiger partial charge in [-0.25, -0.2) is 4.39 Å². The molecule has 0 aromatic rings. The van der Waals surface area contributed by atoms with Crippen LogP contribution < -0.4 is 0 Å². The lowest BCUT2D eigenvalue weighted by Gasteiger charge is -2.72. The van der Waals surface area contributed by atoms with Crippen LogP contribution in [0.15, 0.2) is 35.5 Å². The van der Waals surface area contributed by atoms with E-state index in [4.69, 9.17) is 0 Å². The molecule has 0 amide bonds. The third-order valence-electron chi connectivity index (χ3n) is 19.3. The second-order valence-electron chi connectivity index (χ2n) is 22.3. The molecule has 4 saturated carbocycles. The number of carboxylic acids is 1. The Labute approximate surface area is 329 Å². The third-order valence-corrected chi connectivity index (χ3v) is 21.1. The minimum absolute atomic E-state index is 0.00372. The highest BCUT2D eigenvalue weighted by Crippen LogP contribution is 2.78. The van der Waals surface area contributed by atoms with Crippen molar-refractivity contribution in [1.82, 2.24) is 4.90 Å². The molecule has 1 saturated heterocycles. The van der Waals surface area contributed by atoms with Crippen molar-refractivity contribution in [2.75, 3.05) is 31.3 Å². The van der Waals surface area contributed by atoms with Gasteiger partial charge < -0.3 is 5.11 Å². The first-order valence-corrected chi connectivity index (χ1v) is 24.1. The van der Waals surface area contributed by atoms with Crippen molar-refractivity contribution < 1.29 is 18.5 Å². The molecule has 54 heavy (non-hydrogen) atoms. The lowest BCUT2D eigenvalue weighted by atomic mass is 9.32. The van der Waals surface area contributed by atoms with Gasteiger partial charge in [0.2, 0.25) is 0 Å². The predicted molar refractivity (Wildman–Crippen MR) is 225 cm³/mol. The zero-order chi connectivity index (χ0) is 39.3. The minimum Gasteiger partial charge on any atom is -0.481 e. The second-order valence-corrected chi connectivity index (χ2v) is 25.0. The number of fused-ring (bicyclic) bond motifs is 7. The first kappa shape index (κ1) is 40.8. The molecule has 1 N–H and O–H groups in total. The van der Waals surface area contributed by atoms with E-state index in [-0.39, 0.29) is 16.4 Å². The topological polar surface area (TPSA) is 57.6 Å². The van der Waals surface area contributed by atoms with Crippen LogP contribution in [0.3, 0.4) is 0 Å². The van der Waals surface area contributed by atoms with Gasteiger partial charge in [0.1, 0.15) is 6.67 Å². The second kappa shape index (κ2) is 13.6. The van der Waals surface area contributed by atoms with Gasteiger partial charge in [0.05, 0.1) is 5.41 Å². The van der Waals surface area contributed by atoms with E-state index in [0.717, 1.165) is 42.9 Å². The first-order chi connectivity index (χ1) is 25.1. The SMILES string of the molecule is C=C(C)[C@@H]1CC[C@]2(CCCC(C)(C)N3CCS(=C)(=O)CC3)CC[C@]3(C)[C@H](CC[C@@H]4[C@@]5(C)CC=C(C6=CC[C@](CF)(C(=O)O)CC6)C(C)(C)[C@@H]5CC[C@]43C)[C@@H]12. The summed E-state index contributed by atoms with van der Waals surface area (Å²) in [6.07, 6.45) is 21.6. The maximum absolute atomic E-state index is 14.0. The van der Waals surface area contributed by atoms with Gasteiger partial charge in [-0.3, -0.25) is 13.9 Å². The Hall–Kier alpha value is -1.40. The van der Waals surface area contributed by atoms with Crippen molar-refractivity contribution in [1.29, 1.82) is 0 Å². The Bertz CT molecular complexity index is 1680. The Balaban J connectivity index is 1.12. The average Bonchev–Trinajstić information content (AvgIpc) is 3.48. The van der Waals surface area contributed by atoms with E-state index in [1.807, 2.05) is 0 Å². The van der Waals surface area contributed by atoms with Gasteiger partial charge in [-0.1, -0.05) is 65.3 Å². The van der Waals surface area contributed by atoms with Gasteiger partial charge in [0.25, 0.3) is 0 Å². The van der Waals surface area contributed by atoms with Gasteiger partial charge in [-0.15, -0.1) is 0 Å². The fraction of sp³-hybridized carbons (Fsp3) is 0.833. The van der Waals surface area contributed by atoms with Crippen LogP contribution in [0.25, 0.3) is 0 Å². The number of rotatable bonds is 9. The maximum Gasteiger partial charge on any atom is 0.312 e. The number of aliphatic carboxylic acids is 1. The van der Waals surface area contributed by atoms with Gasteiger partial charge >= 0.3 is 5.97 Å². The zero-order valence-corrected chi connectivity index (χ0v) is 36.4. The summed E-state index contributed by atoms with van der Waals surface area (Å²) < 4.78 is 26.6. The molecule has 1 aliphatic heterocycles. The van der Waals surface area contributed by atoms with Gasteiger partial charge in [-0.05, 0) is 194 Å². The molecular formula is C48H76FNO3S.